The first kappa shape index (κ1) is 15.8. The molecular weight excluding hydrogens is 244 g/mol. The Kier molecular flexibility index (Phi) is 5.99. The summed E-state index contributed by atoms with van der Waals surface area (Å²) in [6.45, 7) is 10.2. The van der Waals surface area contributed by atoms with Crippen molar-refractivity contribution in [1.29, 1.82) is 0 Å². The van der Waals surface area contributed by atoms with Crippen molar-refractivity contribution in [3.63, 3.8) is 0 Å². The van der Waals surface area contributed by atoms with Gasteiger partial charge in [-0.1, -0.05) is 27.2 Å². The van der Waals surface area contributed by atoms with E-state index in [0.29, 0.717) is 0 Å². The molecule has 1 heterocycles. The molecule has 1 saturated heterocycles. The molecule has 2 N–H and O–H groups in total. The third-order valence-electron chi connectivity index (χ3n) is 3.84. The predicted molar refractivity (Wildman–Crippen MR) is 79.8 cm³/mol. The van der Waals surface area contributed by atoms with E-state index in [1.165, 1.54) is 12.8 Å². The zero-order valence-corrected chi connectivity index (χ0v) is 13.1. The Bertz CT molecular complexity index is 281. The number of rotatable bonds is 5. The fourth-order valence-electron chi connectivity index (χ4n) is 2.29. The van der Waals surface area contributed by atoms with Crippen LogP contribution in [0.4, 0.5) is 0 Å². The van der Waals surface area contributed by atoms with Crippen LogP contribution in [-0.4, -0.2) is 40.9 Å². The Morgan fingerprint density at radius 2 is 2.22 bits per heavy atom. The number of carbonyl (C=O) groups excluding carboxylic acids is 1. The largest absolute Gasteiger partial charge is 0.341 e. The standard InChI is InChI=1S/C14H28N2OS/c1-5-6-9-18-11(2)13(17)16-8-7-12(15)14(3,4)10-16/h11-12H,5-10,15H2,1-4H3. The molecule has 0 aliphatic carbocycles. The molecule has 1 aliphatic heterocycles. The summed E-state index contributed by atoms with van der Waals surface area (Å²) in [7, 11) is 0. The average molecular weight is 272 g/mol. The summed E-state index contributed by atoms with van der Waals surface area (Å²) >= 11 is 1.78. The Morgan fingerprint density at radius 3 is 2.78 bits per heavy atom. The van der Waals surface area contributed by atoms with Gasteiger partial charge in [0.15, 0.2) is 0 Å². The summed E-state index contributed by atoms with van der Waals surface area (Å²) in [6, 6.07) is 0.213. The Balaban J connectivity index is 2.46. The van der Waals surface area contributed by atoms with E-state index in [-0.39, 0.29) is 22.6 Å². The highest BCUT2D eigenvalue weighted by Gasteiger charge is 2.36. The van der Waals surface area contributed by atoms with Gasteiger partial charge >= 0.3 is 0 Å². The molecule has 1 rings (SSSR count). The van der Waals surface area contributed by atoms with Crippen molar-refractivity contribution in [1.82, 2.24) is 4.90 Å². The van der Waals surface area contributed by atoms with E-state index in [0.717, 1.165) is 25.3 Å². The highest BCUT2D eigenvalue weighted by atomic mass is 32.2. The fraction of sp³-hybridized carbons (Fsp3) is 0.929. The molecule has 2 unspecified atom stereocenters. The van der Waals surface area contributed by atoms with Crippen LogP contribution in [0.5, 0.6) is 0 Å². The summed E-state index contributed by atoms with van der Waals surface area (Å²) < 4.78 is 0. The summed E-state index contributed by atoms with van der Waals surface area (Å²) in [5.74, 6) is 1.37. The summed E-state index contributed by atoms with van der Waals surface area (Å²) in [5.41, 5.74) is 6.15. The van der Waals surface area contributed by atoms with Crippen LogP contribution >= 0.6 is 11.8 Å². The Labute approximate surface area is 116 Å². The second kappa shape index (κ2) is 6.80. The van der Waals surface area contributed by atoms with Crippen molar-refractivity contribution in [3.8, 4) is 0 Å². The van der Waals surface area contributed by atoms with Crippen LogP contribution < -0.4 is 5.73 Å². The molecule has 1 aliphatic rings. The van der Waals surface area contributed by atoms with Crippen LogP contribution in [0.25, 0.3) is 0 Å². The van der Waals surface area contributed by atoms with Crippen molar-refractivity contribution in [2.45, 2.75) is 58.2 Å². The van der Waals surface area contributed by atoms with Crippen LogP contribution in [0.1, 0.15) is 47.0 Å². The zero-order valence-electron chi connectivity index (χ0n) is 12.2. The number of amides is 1. The topological polar surface area (TPSA) is 46.3 Å². The number of nitrogens with two attached hydrogens (primary N) is 1. The van der Waals surface area contributed by atoms with Crippen LogP contribution in [0.15, 0.2) is 0 Å². The molecule has 2 atom stereocenters. The Morgan fingerprint density at radius 1 is 1.56 bits per heavy atom. The van der Waals surface area contributed by atoms with Crippen LogP contribution in [0.3, 0.4) is 0 Å². The molecular formula is C14H28N2OS. The molecule has 0 aromatic carbocycles. The Hall–Kier alpha value is -0.220. The highest BCUT2D eigenvalue weighted by molar-refractivity contribution is 8.00. The van der Waals surface area contributed by atoms with E-state index < -0.39 is 0 Å². The van der Waals surface area contributed by atoms with Crippen molar-refractivity contribution in [2.24, 2.45) is 11.1 Å². The molecule has 0 spiro atoms. The number of likely N-dealkylation sites (tertiary alicyclic amines) is 1. The van der Waals surface area contributed by atoms with E-state index >= 15 is 0 Å². The summed E-state index contributed by atoms with van der Waals surface area (Å²) in [5, 5.41) is 0.0849. The second-order valence-electron chi connectivity index (χ2n) is 6.01. The van der Waals surface area contributed by atoms with Gasteiger partial charge in [-0.05, 0) is 30.9 Å². The maximum absolute atomic E-state index is 12.4. The number of thioether (sulfide) groups is 1. The number of piperidine rings is 1. The molecule has 106 valence electrons. The minimum absolute atomic E-state index is 0.0434. The molecule has 18 heavy (non-hydrogen) atoms. The van der Waals surface area contributed by atoms with Gasteiger partial charge in [-0.3, -0.25) is 4.79 Å². The van der Waals surface area contributed by atoms with Crippen molar-refractivity contribution < 1.29 is 4.79 Å². The quantitative estimate of drug-likeness (QED) is 0.782. The minimum Gasteiger partial charge on any atom is -0.341 e. The molecule has 0 radical (unpaired) electrons. The van der Waals surface area contributed by atoms with E-state index in [1.54, 1.807) is 11.8 Å². The molecule has 3 nitrogen and oxygen atoms in total. The third-order valence-corrected chi connectivity index (χ3v) is 5.06. The minimum atomic E-state index is 0.0434. The van der Waals surface area contributed by atoms with Gasteiger partial charge in [0, 0.05) is 19.1 Å². The SMILES string of the molecule is CCCCSC(C)C(=O)N1CCC(N)C(C)(C)C1. The molecule has 0 bridgehead atoms. The molecule has 0 aromatic rings. The monoisotopic (exact) mass is 272 g/mol. The lowest BCUT2D eigenvalue weighted by Gasteiger charge is -2.43. The predicted octanol–water partition coefficient (Wildman–Crippen LogP) is 2.49. The van der Waals surface area contributed by atoms with E-state index in [4.69, 9.17) is 5.73 Å². The van der Waals surface area contributed by atoms with Gasteiger partial charge in [-0.15, -0.1) is 11.8 Å². The lowest BCUT2D eigenvalue weighted by Crippen LogP contribution is -2.55. The van der Waals surface area contributed by atoms with Crippen LogP contribution in [-0.2, 0) is 4.79 Å². The van der Waals surface area contributed by atoms with E-state index in [2.05, 4.69) is 20.8 Å². The number of unbranched alkanes of at least 4 members (excludes halogenated alkanes) is 1. The number of carbonyl (C=O) groups is 1. The molecule has 4 heteroatoms. The molecule has 0 saturated carbocycles. The van der Waals surface area contributed by atoms with E-state index in [1.807, 2.05) is 11.8 Å². The normalized spacial score (nSPS) is 24.9. The van der Waals surface area contributed by atoms with E-state index in [9.17, 15) is 4.79 Å². The molecule has 1 amide bonds. The lowest BCUT2D eigenvalue weighted by molar-refractivity contribution is -0.133. The van der Waals surface area contributed by atoms with Gasteiger partial charge in [0.2, 0.25) is 5.91 Å². The third kappa shape index (κ3) is 4.16. The fourth-order valence-corrected chi connectivity index (χ4v) is 3.40. The zero-order chi connectivity index (χ0) is 13.8. The van der Waals surface area contributed by atoms with Gasteiger partial charge in [-0.25, -0.2) is 0 Å². The summed E-state index contributed by atoms with van der Waals surface area (Å²) in [6.07, 6.45) is 3.31. The summed E-state index contributed by atoms with van der Waals surface area (Å²) in [4.78, 5) is 14.4. The molecule has 0 aromatic heterocycles. The smallest absolute Gasteiger partial charge is 0.235 e. The van der Waals surface area contributed by atoms with Gasteiger partial charge in [-0.2, -0.15) is 0 Å². The highest BCUT2D eigenvalue weighted by Crippen LogP contribution is 2.29. The van der Waals surface area contributed by atoms with Gasteiger partial charge in [0.05, 0.1) is 5.25 Å². The number of hydrogen-bond donors (Lipinski definition) is 1. The lowest BCUT2D eigenvalue weighted by atomic mass is 9.79. The number of hydrogen-bond acceptors (Lipinski definition) is 3. The maximum atomic E-state index is 12.4. The average Bonchev–Trinajstić information content (AvgIpc) is 2.32. The van der Waals surface area contributed by atoms with Crippen molar-refractivity contribution >= 4 is 17.7 Å². The first-order valence-electron chi connectivity index (χ1n) is 7.04. The van der Waals surface area contributed by atoms with Crippen LogP contribution in [0, 0.1) is 5.41 Å². The maximum Gasteiger partial charge on any atom is 0.235 e. The second-order valence-corrected chi connectivity index (χ2v) is 7.46. The first-order valence-corrected chi connectivity index (χ1v) is 8.09. The first-order chi connectivity index (χ1) is 8.38. The van der Waals surface area contributed by atoms with Gasteiger partial charge in [0.25, 0.3) is 0 Å². The van der Waals surface area contributed by atoms with Crippen molar-refractivity contribution in [2.75, 3.05) is 18.8 Å². The molecule has 1 fully saturated rings. The van der Waals surface area contributed by atoms with Crippen LogP contribution in [0.2, 0.25) is 0 Å². The number of nitrogens with zero attached hydrogens (tertiary/aromatic N) is 1. The van der Waals surface area contributed by atoms with Crippen molar-refractivity contribution in [3.05, 3.63) is 0 Å². The van der Waals surface area contributed by atoms with Gasteiger partial charge < -0.3 is 10.6 Å². The van der Waals surface area contributed by atoms with Gasteiger partial charge in [0.1, 0.15) is 0 Å².